The molecule has 1 saturated carbocycles. The molecule has 9 heteroatoms. The van der Waals surface area contributed by atoms with Crippen LogP contribution >= 0.6 is 11.3 Å². The monoisotopic (exact) mass is 418 g/mol. The number of rotatable bonds is 4. The Morgan fingerprint density at radius 3 is 2.86 bits per heavy atom. The van der Waals surface area contributed by atoms with Crippen molar-refractivity contribution in [2.24, 2.45) is 11.8 Å². The third-order valence-corrected chi connectivity index (χ3v) is 6.91. The molecule has 1 N–H and O–H groups in total. The van der Waals surface area contributed by atoms with Gasteiger partial charge in [0.05, 0.1) is 19.4 Å². The quantitative estimate of drug-likeness (QED) is 0.757. The maximum atomic E-state index is 11.7. The Hall–Kier alpha value is -2.52. The smallest absolute Gasteiger partial charge is 0.349 e. The topological polar surface area (TPSA) is 90.4 Å². The van der Waals surface area contributed by atoms with Gasteiger partial charge in [-0.3, -0.25) is 0 Å². The summed E-state index contributed by atoms with van der Waals surface area (Å²) < 4.78 is 21.6. The lowest BCUT2D eigenvalue weighted by molar-refractivity contribution is -0.0232. The third kappa shape index (κ3) is 3.49. The van der Waals surface area contributed by atoms with Crippen LogP contribution in [0.1, 0.15) is 22.5 Å². The minimum absolute atomic E-state index is 0.221. The van der Waals surface area contributed by atoms with Crippen LogP contribution in [-0.4, -0.2) is 55.3 Å². The van der Waals surface area contributed by atoms with Crippen LogP contribution in [0.4, 0.5) is 5.13 Å². The van der Waals surface area contributed by atoms with E-state index in [1.807, 2.05) is 18.2 Å². The predicted octanol–water partition coefficient (Wildman–Crippen LogP) is 2.31. The van der Waals surface area contributed by atoms with Gasteiger partial charge < -0.3 is 29.0 Å². The largest absolute Gasteiger partial charge is 0.488 e. The van der Waals surface area contributed by atoms with Crippen molar-refractivity contribution in [3.63, 3.8) is 0 Å². The highest BCUT2D eigenvalue weighted by atomic mass is 32.1. The second-order valence-electron chi connectivity index (χ2n) is 7.63. The number of aliphatic hydroxyl groups is 1. The number of hydrogen-bond acceptors (Lipinski definition) is 9. The van der Waals surface area contributed by atoms with Crippen molar-refractivity contribution in [3.8, 4) is 17.2 Å². The fraction of sp³-hybridized carbons (Fsp3) is 0.500. The van der Waals surface area contributed by atoms with E-state index in [1.165, 1.54) is 18.4 Å². The number of benzene rings is 1. The molecule has 0 unspecified atom stereocenters. The average Bonchev–Trinajstić information content (AvgIpc) is 3.46. The molecule has 0 amide bonds. The Labute approximate surface area is 172 Å². The van der Waals surface area contributed by atoms with Gasteiger partial charge >= 0.3 is 5.97 Å². The molecule has 5 rings (SSSR count). The number of hydrogen-bond donors (Lipinski definition) is 1. The molecule has 0 bridgehead atoms. The van der Waals surface area contributed by atoms with Crippen LogP contribution < -0.4 is 19.1 Å². The van der Waals surface area contributed by atoms with Crippen molar-refractivity contribution in [3.05, 3.63) is 29.3 Å². The maximum Gasteiger partial charge on any atom is 0.349 e. The summed E-state index contributed by atoms with van der Waals surface area (Å²) in [7, 11) is 1.37. The zero-order valence-corrected chi connectivity index (χ0v) is 16.8. The summed E-state index contributed by atoms with van der Waals surface area (Å²) >= 11 is 1.34. The number of carbonyl (C=O) groups excluding carboxylic acids is 1. The number of methoxy groups -OCH3 is 1. The van der Waals surface area contributed by atoms with Gasteiger partial charge in [-0.25, -0.2) is 9.78 Å². The molecule has 1 aliphatic carbocycles. The minimum Gasteiger partial charge on any atom is -0.488 e. The average molecular weight is 418 g/mol. The molecule has 2 aromatic rings. The van der Waals surface area contributed by atoms with E-state index in [2.05, 4.69) is 9.88 Å². The third-order valence-electron chi connectivity index (χ3n) is 5.87. The number of fused-ring (bicyclic) bond motifs is 2. The van der Waals surface area contributed by atoms with Crippen LogP contribution in [0, 0.1) is 11.8 Å². The highest BCUT2D eigenvalue weighted by Crippen LogP contribution is 2.41. The summed E-state index contributed by atoms with van der Waals surface area (Å²) in [6, 6.07) is 5.48. The molecule has 0 spiro atoms. The second-order valence-corrected chi connectivity index (χ2v) is 8.64. The molecular weight excluding hydrogens is 396 g/mol. The van der Waals surface area contributed by atoms with Crippen LogP contribution in [0.25, 0.3) is 0 Å². The van der Waals surface area contributed by atoms with Crippen molar-refractivity contribution in [1.29, 1.82) is 0 Å². The second kappa shape index (κ2) is 7.38. The van der Waals surface area contributed by atoms with Gasteiger partial charge in [0.2, 0.25) is 6.79 Å². The number of anilines is 1. The van der Waals surface area contributed by atoms with E-state index in [-0.39, 0.29) is 18.9 Å². The van der Waals surface area contributed by atoms with Crippen molar-refractivity contribution >= 4 is 22.4 Å². The van der Waals surface area contributed by atoms with Gasteiger partial charge in [-0.1, -0.05) is 11.3 Å². The van der Waals surface area contributed by atoms with E-state index in [0.29, 0.717) is 40.4 Å². The van der Waals surface area contributed by atoms with Crippen LogP contribution in [-0.2, 0) is 4.74 Å². The van der Waals surface area contributed by atoms with Crippen molar-refractivity contribution < 1.29 is 28.8 Å². The molecule has 1 aromatic carbocycles. The number of aromatic nitrogens is 1. The van der Waals surface area contributed by atoms with E-state index in [0.717, 1.165) is 24.6 Å². The number of aliphatic hydroxyl groups excluding tert-OH is 1. The van der Waals surface area contributed by atoms with Crippen molar-refractivity contribution in [1.82, 2.24) is 4.98 Å². The van der Waals surface area contributed by atoms with Gasteiger partial charge in [0.1, 0.15) is 16.7 Å². The highest BCUT2D eigenvalue weighted by Gasteiger charge is 2.43. The first-order valence-corrected chi connectivity index (χ1v) is 10.5. The number of ether oxygens (including phenoxy) is 4. The van der Waals surface area contributed by atoms with Crippen molar-refractivity contribution in [2.45, 2.75) is 25.0 Å². The first-order valence-electron chi connectivity index (χ1n) is 9.64. The number of esters is 1. The molecule has 154 valence electrons. The summed E-state index contributed by atoms with van der Waals surface area (Å²) in [4.78, 5) is 18.8. The predicted molar refractivity (Wildman–Crippen MR) is 105 cm³/mol. The summed E-state index contributed by atoms with van der Waals surface area (Å²) in [5.74, 6) is 2.48. The van der Waals surface area contributed by atoms with Gasteiger partial charge in [-0.05, 0) is 36.8 Å². The molecule has 4 atom stereocenters. The van der Waals surface area contributed by atoms with E-state index in [4.69, 9.17) is 18.9 Å². The lowest BCUT2D eigenvalue weighted by Gasteiger charge is -2.35. The molecular formula is C20H22N2O6S. The molecule has 3 heterocycles. The summed E-state index contributed by atoms with van der Waals surface area (Å²) in [6.45, 7) is 1.89. The number of thiazole rings is 1. The van der Waals surface area contributed by atoms with Gasteiger partial charge in [-0.2, -0.15) is 0 Å². The van der Waals surface area contributed by atoms with Crippen LogP contribution in [0.15, 0.2) is 24.4 Å². The summed E-state index contributed by atoms with van der Waals surface area (Å²) in [6.07, 6.45) is 2.23. The SMILES string of the molecule is COC(=O)c1cnc(N2C[C@H]3C[C@@H](Oc4ccc5c(c4)OCO5)[C@H](O)C[C@H]3C2)s1. The lowest BCUT2D eigenvalue weighted by atomic mass is 9.78. The Kier molecular flexibility index (Phi) is 4.71. The van der Waals surface area contributed by atoms with E-state index >= 15 is 0 Å². The Balaban J connectivity index is 1.25. The molecule has 1 saturated heterocycles. The zero-order valence-electron chi connectivity index (χ0n) is 15.9. The Morgan fingerprint density at radius 1 is 1.24 bits per heavy atom. The molecule has 0 radical (unpaired) electrons. The Morgan fingerprint density at radius 2 is 2.03 bits per heavy atom. The molecule has 8 nitrogen and oxygen atoms in total. The van der Waals surface area contributed by atoms with E-state index < -0.39 is 6.10 Å². The maximum absolute atomic E-state index is 11.7. The first-order chi connectivity index (χ1) is 14.1. The normalized spacial score (nSPS) is 27.6. The molecule has 1 aromatic heterocycles. The van der Waals surface area contributed by atoms with Crippen molar-refractivity contribution in [2.75, 3.05) is 31.9 Å². The van der Waals surface area contributed by atoms with Crippen LogP contribution in [0.2, 0.25) is 0 Å². The molecule has 2 fully saturated rings. The standard InChI is InChI=1S/C20H22N2O6S/c1-25-19(24)18-7-21-20(29-18)22-8-11-4-14(23)16(5-12(11)9-22)28-13-2-3-15-17(6-13)27-10-26-15/h2-3,6-7,11-12,14,16,23H,4-5,8-10H2,1H3/t11-,12+,14+,16+/m0/s1. The van der Waals surface area contributed by atoms with Gasteiger partial charge in [0.25, 0.3) is 0 Å². The minimum atomic E-state index is -0.524. The molecule has 3 aliphatic rings. The number of nitrogens with zero attached hydrogens (tertiary/aromatic N) is 2. The van der Waals surface area contributed by atoms with Gasteiger partial charge in [0.15, 0.2) is 16.6 Å². The summed E-state index contributed by atoms with van der Waals surface area (Å²) in [5.41, 5.74) is 0. The number of carbonyl (C=O) groups is 1. The van der Waals surface area contributed by atoms with Crippen LogP contribution in [0.5, 0.6) is 17.2 Å². The molecule has 29 heavy (non-hydrogen) atoms. The fourth-order valence-electron chi connectivity index (χ4n) is 4.40. The Bertz CT molecular complexity index is 918. The summed E-state index contributed by atoms with van der Waals surface area (Å²) in [5, 5.41) is 11.5. The van der Waals surface area contributed by atoms with E-state index in [9.17, 15) is 9.90 Å². The fourth-order valence-corrected chi connectivity index (χ4v) is 5.26. The molecule has 2 aliphatic heterocycles. The van der Waals surface area contributed by atoms with E-state index in [1.54, 1.807) is 6.20 Å². The highest BCUT2D eigenvalue weighted by molar-refractivity contribution is 7.17. The van der Waals surface area contributed by atoms with Gasteiger partial charge in [-0.15, -0.1) is 0 Å². The first kappa shape index (κ1) is 18.5. The zero-order chi connectivity index (χ0) is 20.0. The lowest BCUT2D eigenvalue weighted by Crippen LogP contribution is -2.42. The van der Waals surface area contributed by atoms with Gasteiger partial charge in [0, 0.05) is 19.2 Å². The van der Waals surface area contributed by atoms with Crippen LogP contribution in [0.3, 0.4) is 0 Å².